The van der Waals surface area contributed by atoms with E-state index in [-0.39, 0.29) is 29.4 Å². The molecule has 0 radical (unpaired) electrons. The van der Waals surface area contributed by atoms with E-state index in [1.54, 1.807) is 44.3 Å². The van der Waals surface area contributed by atoms with Crippen LogP contribution in [0, 0.1) is 0 Å². The van der Waals surface area contributed by atoms with Gasteiger partial charge in [-0.05, 0) is 68.0 Å². The first kappa shape index (κ1) is 32.4. The highest BCUT2D eigenvalue weighted by atomic mass is 19.3. The average Bonchev–Trinajstić information content (AvgIpc) is 3.81. The standard InChI is InChI=1S/C31H34F2N2O10/c1-31(2,41)22-9-5-17(14-34-22)19(16-4-8-20(43-30(32)33)21(12-16)42-18-6-7-18)11-15-3-10-23(35-13-15)44-29-26(38)24(36)25(37)27(45-29)28(39)40/h3-5,8-10,12-14,18-19,24-27,29-30,36-38,41H,6-7,11H2,1-2H3,(H,39,40)/t19-,24-,25-,26+,27-,29+/m0/s1. The van der Waals surface area contributed by atoms with Gasteiger partial charge in [0.05, 0.1) is 11.8 Å². The zero-order chi connectivity index (χ0) is 32.5. The fourth-order valence-electron chi connectivity index (χ4n) is 4.90. The molecule has 5 rings (SSSR count). The third kappa shape index (κ3) is 7.83. The molecule has 5 N–H and O–H groups in total. The Morgan fingerprint density at radius 2 is 1.69 bits per heavy atom. The van der Waals surface area contributed by atoms with E-state index in [1.165, 1.54) is 18.3 Å². The summed E-state index contributed by atoms with van der Waals surface area (Å²) in [5.41, 5.74) is 1.48. The lowest BCUT2D eigenvalue weighted by Crippen LogP contribution is -2.61. The number of carbonyl (C=O) groups is 1. The van der Waals surface area contributed by atoms with Crippen molar-refractivity contribution in [3.05, 3.63) is 77.2 Å². The molecule has 0 bridgehead atoms. The molecule has 1 saturated carbocycles. The van der Waals surface area contributed by atoms with Gasteiger partial charge in [-0.25, -0.2) is 9.78 Å². The van der Waals surface area contributed by atoms with Crippen LogP contribution >= 0.6 is 0 Å². The van der Waals surface area contributed by atoms with E-state index < -0.39 is 48.9 Å². The summed E-state index contributed by atoms with van der Waals surface area (Å²) < 4.78 is 47.4. The molecule has 1 saturated heterocycles. The number of aromatic nitrogens is 2. The number of pyridine rings is 2. The minimum absolute atomic E-state index is 0.0445. The van der Waals surface area contributed by atoms with Gasteiger partial charge in [0.1, 0.15) is 23.9 Å². The Balaban J connectivity index is 1.41. The lowest BCUT2D eigenvalue weighted by molar-refractivity contribution is -0.271. The number of halogens is 2. The van der Waals surface area contributed by atoms with Crippen LogP contribution in [0.2, 0.25) is 0 Å². The number of aliphatic hydroxyl groups excluding tert-OH is 3. The molecule has 3 aromatic rings. The normalized spacial score (nSPS) is 24.2. The summed E-state index contributed by atoms with van der Waals surface area (Å²) in [6.07, 6.45) is -3.85. The van der Waals surface area contributed by atoms with E-state index in [1.807, 2.05) is 6.07 Å². The Kier molecular flexibility index (Phi) is 9.51. The fraction of sp³-hybridized carbons (Fsp3) is 0.452. The van der Waals surface area contributed by atoms with E-state index in [4.69, 9.17) is 14.2 Å². The number of nitrogens with zero attached hydrogens (tertiary/aromatic N) is 2. The molecule has 45 heavy (non-hydrogen) atoms. The van der Waals surface area contributed by atoms with Crippen LogP contribution in [0.1, 0.15) is 55.0 Å². The van der Waals surface area contributed by atoms with Crippen molar-refractivity contribution in [3.63, 3.8) is 0 Å². The zero-order valence-electron chi connectivity index (χ0n) is 24.4. The SMILES string of the molecule is CC(C)(O)c1ccc([C@@H](Cc2ccc(O[C@@H]3O[C@H](C(=O)O)[C@@H](O)[C@H](O)[C@H]3O)nc2)c2ccc(OC(F)F)c(OC3CC3)c2)cn1. The van der Waals surface area contributed by atoms with Crippen LogP contribution in [0.5, 0.6) is 17.4 Å². The van der Waals surface area contributed by atoms with Gasteiger partial charge in [-0.15, -0.1) is 0 Å². The Labute approximate surface area is 256 Å². The van der Waals surface area contributed by atoms with Crippen molar-refractivity contribution < 1.29 is 58.1 Å². The van der Waals surface area contributed by atoms with E-state index in [0.29, 0.717) is 17.7 Å². The number of hydrogen-bond donors (Lipinski definition) is 5. The molecule has 2 aromatic heterocycles. The summed E-state index contributed by atoms with van der Waals surface area (Å²) in [6.45, 7) is 0.210. The first-order valence-corrected chi connectivity index (χ1v) is 14.3. The Morgan fingerprint density at radius 1 is 0.956 bits per heavy atom. The molecule has 0 spiro atoms. The molecule has 3 heterocycles. The topological polar surface area (TPSA) is 181 Å². The Morgan fingerprint density at radius 3 is 2.27 bits per heavy atom. The second-order valence-corrected chi connectivity index (χ2v) is 11.6. The van der Waals surface area contributed by atoms with E-state index in [9.17, 15) is 39.1 Å². The van der Waals surface area contributed by atoms with Crippen LogP contribution < -0.4 is 14.2 Å². The molecule has 242 valence electrons. The van der Waals surface area contributed by atoms with Gasteiger partial charge in [0.15, 0.2) is 17.6 Å². The highest BCUT2D eigenvalue weighted by Gasteiger charge is 2.48. The maximum absolute atomic E-state index is 13.1. The van der Waals surface area contributed by atoms with Gasteiger partial charge in [0.25, 0.3) is 0 Å². The molecule has 2 aliphatic rings. The molecular weight excluding hydrogens is 598 g/mol. The van der Waals surface area contributed by atoms with E-state index >= 15 is 0 Å². The summed E-state index contributed by atoms with van der Waals surface area (Å²) in [7, 11) is 0. The predicted octanol–water partition coefficient (Wildman–Crippen LogP) is 2.49. The van der Waals surface area contributed by atoms with Gasteiger partial charge < -0.3 is 44.5 Å². The molecule has 1 aromatic carbocycles. The van der Waals surface area contributed by atoms with Crippen molar-refractivity contribution in [2.24, 2.45) is 0 Å². The number of carboxylic acid groups (broad SMARTS) is 1. The number of benzene rings is 1. The van der Waals surface area contributed by atoms with Gasteiger partial charge >= 0.3 is 12.6 Å². The maximum Gasteiger partial charge on any atom is 0.387 e. The maximum atomic E-state index is 13.1. The monoisotopic (exact) mass is 632 g/mol. The molecular formula is C31H34F2N2O10. The van der Waals surface area contributed by atoms with Gasteiger partial charge in [-0.3, -0.25) is 4.98 Å². The number of hydrogen-bond acceptors (Lipinski definition) is 11. The smallest absolute Gasteiger partial charge is 0.387 e. The summed E-state index contributed by atoms with van der Waals surface area (Å²) >= 11 is 0. The first-order valence-electron chi connectivity index (χ1n) is 14.3. The number of aliphatic carboxylic acids is 1. The van der Waals surface area contributed by atoms with Crippen molar-refractivity contribution in [2.75, 3.05) is 0 Å². The minimum atomic E-state index is -3.03. The molecule has 12 nitrogen and oxygen atoms in total. The second-order valence-electron chi connectivity index (χ2n) is 11.6. The highest BCUT2D eigenvalue weighted by Crippen LogP contribution is 2.39. The lowest BCUT2D eigenvalue weighted by Gasteiger charge is -2.38. The first-order chi connectivity index (χ1) is 21.3. The molecule has 14 heteroatoms. The van der Waals surface area contributed by atoms with Crippen LogP contribution in [0.4, 0.5) is 8.78 Å². The largest absolute Gasteiger partial charge is 0.487 e. The van der Waals surface area contributed by atoms with E-state index in [0.717, 1.165) is 24.0 Å². The van der Waals surface area contributed by atoms with Gasteiger partial charge in [0, 0.05) is 24.4 Å². The van der Waals surface area contributed by atoms with Crippen molar-refractivity contribution in [2.45, 2.75) is 88.1 Å². The molecule has 1 aliphatic carbocycles. The van der Waals surface area contributed by atoms with Crippen LogP contribution in [0.3, 0.4) is 0 Å². The van der Waals surface area contributed by atoms with E-state index in [2.05, 4.69) is 14.7 Å². The van der Waals surface area contributed by atoms with Gasteiger partial charge in [-0.2, -0.15) is 8.78 Å². The Bertz CT molecular complexity index is 1460. The number of alkyl halides is 2. The average molecular weight is 633 g/mol. The molecule has 2 fully saturated rings. The molecule has 0 amide bonds. The minimum Gasteiger partial charge on any atom is -0.487 e. The summed E-state index contributed by atoms with van der Waals surface area (Å²) in [5.74, 6) is -1.84. The van der Waals surface area contributed by atoms with Crippen LogP contribution in [0.15, 0.2) is 54.9 Å². The summed E-state index contributed by atoms with van der Waals surface area (Å²) in [5, 5.41) is 49.8. The molecule has 6 atom stereocenters. The van der Waals surface area contributed by atoms with Crippen LogP contribution in [-0.2, 0) is 21.6 Å². The van der Waals surface area contributed by atoms with Crippen LogP contribution in [0.25, 0.3) is 0 Å². The molecule has 0 unspecified atom stereocenters. The number of carboxylic acids is 1. The highest BCUT2D eigenvalue weighted by molar-refractivity contribution is 5.73. The summed E-state index contributed by atoms with van der Waals surface area (Å²) in [4.78, 5) is 20.1. The third-order valence-electron chi connectivity index (χ3n) is 7.51. The summed E-state index contributed by atoms with van der Waals surface area (Å²) in [6, 6.07) is 11.4. The fourth-order valence-corrected chi connectivity index (χ4v) is 4.90. The third-order valence-corrected chi connectivity index (χ3v) is 7.51. The van der Waals surface area contributed by atoms with Crippen molar-refractivity contribution in [1.82, 2.24) is 9.97 Å². The Hall–Kier alpha value is -3.95. The second kappa shape index (κ2) is 13.2. The van der Waals surface area contributed by atoms with Gasteiger partial charge in [0.2, 0.25) is 12.2 Å². The van der Waals surface area contributed by atoms with Crippen molar-refractivity contribution >= 4 is 5.97 Å². The number of ether oxygens (including phenoxy) is 4. The number of aliphatic hydroxyl groups is 4. The van der Waals surface area contributed by atoms with Crippen molar-refractivity contribution in [1.29, 1.82) is 0 Å². The quantitative estimate of drug-likeness (QED) is 0.197. The molecule has 1 aliphatic heterocycles. The van der Waals surface area contributed by atoms with Gasteiger partial charge in [-0.1, -0.05) is 18.2 Å². The van der Waals surface area contributed by atoms with Crippen LogP contribution in [-0.4, -0.2) is 84.9 Å². The van der Waals surface area contributed by atoms with Crippen molar-refractivity contribution in [3.8, 4) is 17.4 Å². The zero-order valence-corrected chi connectivity index (χ0v) is 24.4. The lowest BCUT2D eigenvalue weighted by atomic mass is 9.86. The number of rotatable bonds is 12. The predicted molar refractivity (Wildman–Crippen MR) is 151 cm³/mol.